The highest BCUT2D eigenvalue weighted by molar-refractivity contribution is 5.80. The van der Waals surface area contributed by atoms with Gasteiger partial charge in [-0.15, -0.1) is 0 Å². The molecule has 6 nitrogen and oxygen atoms in total. The van der Waals surface area contributed by atoms with Gasteiger partial charge in [-0.25, -0.2) is 0 Å². The second-order valence-electron chi connectivity index (χ2n) is 7.16. The molecule has 0 bridgehead atoms. The fourth-order valence-electron chi connectivity index (χ4n) is 3.52. The minimum absolute atomic E-state index is 0.00770. The summed E-state index contributed by atoms with van der Waals surface area (Å²) in [6.07, 6.45) is 1.99. The molecule has 3 rings (SSSR count). The molecule has 0 radical (unpaired) electrons. The van der Waals surface area contributed by atoms with Gasteiger partial charge in [0.2, 0.25) is 5.91 Å². The molecule has 0 spiro atoms. The summed E-state index contributed by atoms with van der Waals surface area (Å²) in [4.78, 5) is 26.7. The van der Waals surface area contributed by atoms with Crippen LogP contribution in [0.1, 0.15) is 26.2 Å². The van der Waals surface area contributed by atoms with Crippen LogP contribution in [-0.4, -0.2) is 43.0 Å². The first-order valence-corrected chi connectivity index (χ1v) is 10.3. The number of rotatable bonds is 8. The van der Waals surface area contributed by atoms with Crippen LogP contribution in [0.5, 0.6) is 0 Å². The van der Waals surface area contributed by atoms with Gasteiger partial charge in [0.05, 0.1) is 23.9 Å². The van der Waals surface area contributed by atoms with Crippen molar-refractivity contribution in [2.75, 3.05) is 31.3 Å². The van der Waals surface area contributed by atoms with Crippen LogP contribution in [0.4, 0.5) is 11.4 Å². The number of ether oxygens (including phenoxy) is 1. The summed E-state index contributed by atoms with van der Waals surface area (Å²) in [5.74, 6) is -0.136. The summed E-state index contributed by atoms with van der Waals surface area (Å²) >= 11 is 0. The van der Waals surface area contributed by atoms with Gasteiger partial charge in [0.1, 0.15) is 0 Å². The van der Waals surface area contributed by atoms with E-state index in [-0.39, 0.29) is 17.8 Å². The first-order valence-electron chi connectivity index (χ1n) is 10.3. The minimum Gasteiger partial charge on any atom is -0.466 e. The van der Waals surface area contributed by atoms with Crippen molar-refractivity contribution >= 4 is 23.3 Å². The molecule has 1 fully saturated rings. The second kappa shape index (κ2) is 10.6. The lowest BCUT2D eigenvalue weighted by Gasteiger charge is -2.31. The normalized spacial score (nSPS) is 14.9. The summed E-state index contributed by atoms with van der Waals surface area (Å²) in [7, 11) is 0. The zero-order chi connectivity index (χ0) is 20.5. The average Bonchev–Trinajstić information content (AvgIpc) is 2.78. The number of esters is 1. The Morgan fingerprint density at radius 1 is 1.00 bits per heavy atom. The third kappa shape index (κ3) is 6.06. The molecule has 154 valence electrons. The number of nitrogens with zero attached hydrogens (tertiary/aromatic N) is 2. The van der Waals surface area contributed by atoms with E-state index in [1.165, 1.54) is 0 Å². The van der Waals surface area contributed by atoms with Crippen LogP contribution >= 0.6 is 0 Å². The van der Waals surface area contributed by atoms with Crippen LogP contribution in [0, 0.1) is 5.92 Å². The van der Waals surface area contributed by atoms with E-state index in [0.29, 0.717) is 19.6 Å². The highest BCUT2D eigenvalue weighted by Gasteiger charge is 2.26. The SMILES string of the molecule is CCOC(=O)C1CCN(CCC(=O)NN(c2ccccc2)c2ccccc2)CC1. The molecule has 6 heteroatoms. The number of hydrogen-bond acceptors (Lipinski definition) is 5. The van der Waals surface area contributed by atoms with Crippen LogP contribution in [0.15, 0.2) is 60.7 Å². The monoisotopic (exact) mass is 395 g/mol. The van der Waals surface area contributed by atoms with E-state index in [9.17, 15) is 9.59 Å². The number of hydrogen-bond donors (Lipinski definition) is 1. The summed E-state index contributed by atoms with van der Waals surface area (Å²) in [6, 6.07) is 19.6. The van der Waals surface area contributed by atoms with Gasteiger partial charge in [0.15, 0.2) is 0 Å². The second-order valence-corrected chi connectivity index (χ2v) is 7.16. The molecule has 0 atom stereocenters. The van der Waals surface area contributed by atoms with Crippen LogP contribution in [0.3, 0.4) is 0 Å². The molecule has 1 saturated heterocycles. The van der Waals surface area contributed by atoms with Gasteiger partial charge in [-0.2, -0.15) is 0 Å². The summed E-state index contributed by atoms with van der Waals surface area (Å²) in [5, 5.41) is 1.81. The van der Waals surface area contributed by atoms with Gasteiger partial charge in [0, 0.05) is 13.0 Å². The van der Waals surface area contributed by atoms with E-state index in [2.05, 4.69) is 10.3 Å². The first kappa shape index (κ1) is 20.9. The highest BCUT2D eigenvalue weighted by Crippen LogP contribution is 2.23. The van der Waals surface area contributed by atoms with Gasteiger partial charge < -0.3 is 9.64 Å². The Hall–Kier alpha value is -2.86. The molecule has 1 amide bonds. The van der Waals surface area contributed by atoms with Crippen molar-refractivity contribution in [2.45, 2.75) is 26.2 Å². The molecular formula is C23H29N3O3. The number of benzene rings is 2. The van der Waals surface area contributed by atoms with E-state index in [1.807, 2.05) is 72.6 Å². The quantitative estimate of drug-likeness (QED) is 0.547. The molecule has 1 aliphatic heterocycles. The first-order chi connectivity index (χ1) is 14.2. The topological polar surface area (TPSA) is 61.9 Å². The Balaban J connectivity index is 1.52. The number of para-hydroxylation sites is 2. The van der Waals surface area contributed by atoms with Crippen molar-refractivity contribution in [2.24, 2.45) is 5.92 Å². The predicted octanol–water partition coefficient (Wildman–Crippen LogP) is 3.52. The number of amides is 1. The average molecular weight is 396 g/mol. The molecule has 1 aliphatic rings. The predicted molar refractivity (Wildman–Crippen MR) is 114 cm³/mol. The Morgan fingerprint density at radius 2 is 1.55 bits per heavy atom. The van der Waals surface area contributed by atoms with Gasteiger partial charge in [0.25, 0.3) is 0 Å². The lowest BCUT2D eigenvalue weighted by atomic mass is 9.97. The van der Waals surface area contributed by atoms with Crippen molar-refractivity contribution in [1.82, 2.24) is 10.3 Å². The van der Waals surface area contributed by atoms with Gasteiger partial charge in [-0.3, -0.25) is 20.0 Å². The van der Waals surface area contributed by atoms with Crippen molar-refractivity contribution < 1.29 is 14.3 Å². The smallest absolute Gasteiger partial charge is 0.309 e. The van der Waals surface area contributed by atoms with Crippen molar-refractivity contribution in [3.05, 3.63) is 60.7 Å². The number of likely N-dealkylation sites (tertiary alicyclic amines) is 1. The fraction of sp³-hybridized carbons (Fsp3) is 0.391. The maximum absolute atomic E-state index is 12.6. The lowest BCUT2D eigenvalue weighted by Crippen LogP contribution is -2.42. The third-order valence-corrected chi connectivity index (χ3v) is 5.13. The zero-order valence-corrected chi connectivity index (χ0v) is 16.9. The number of nitrogens with one attached hydrogen (secondary N) is 1. The Labute approximate surface area is 172 Å². The maximum Gasteiger partial charge on any atom is 0.309 e. The van der Waals surface area contributed by atoms with Crippen molar-refractivity contribution in [3.63, 3.8) is 0 Å². The Bertz CT molecular complexity index is 735. The molecule has 2 aromatic carbocycles. The molecule has 0 unspecified atom stereocenters. The number of piperidine rings is 1. The molecule has 1 N–H and O–H groups in total. The van der Waals surface area contributed by atoms with Crippen LogP contribution in [-0.2, 0) is 14.3 Å². The molecule has 0 saturated carbocycles. The van der Waals surface area contributed by atoms with E-state index in [1.54, 1.807) is 0 Å². The highest BCUT2D eigenvalue weighted by atomic mass is 16.5. The van der Waals surface area contributed by atoms with Gasteiger partial charge >= 0.3 is 5.97 Å². The standard InChI is InChI=1S/C23H29N3O3/c1-2-29-23(28)19-13-16-25(17-14-19)18-15-22(27)24-26(20-9-5-3-6-10-20)21-11-7-4-8-12-21/h3-12,19H,2,13-18H2,1H3,(H,24,27). The van der Waals surface area contributed by atoms with Crippen LogP contribution < -0.4 is 10.4 Å². The maximum atomic E-state index is 12.6. The molecule has 1 heterocycles. The third-order valence-electron chi connectivity index (χ3n) is 5.13. The fourth-order valence-corrected chi connectivity index (χ4v) is 3.52. The zero-order valence-electron chi connectivity index (χ0n) is 16.9. The van der Waals surface area contributed by atoms with Gasteiger partial charge in [-0.05, 0) is 57.1 Å². The van der Waals surface area contributed by atoms with E-state index in [0.717, 1.165) is 37.3 Å². The van der Waals surface area contributed by atoms with Gasteiger partial charge in [-0.1, -0.05) is 36.4 Å². The molecule has 2 aromatic rings. The minimum atomic E-state index is -0.0914. The van der Waals surface area contributed by atoms with Crippen LogP contribution in [0.2, 0.25) is 0 Å². The van der Waals surface area contributed by atoms with E-state index >= 15 is 0 Å². The molecule has 0 aliphatic carbocycles. The van der Waals surface area contributed by atoms with Crippen LogP contribution in [0.25, 0.3) is 0 Å². The number of carbonyl (C=O) groups is 2. The lowest BCUT2D eigenvalue weighted by molar-refractivity contribution is -0.149. The number of hydrazine groups is 1. The van der Waals surface area contributed by atoms with Crippen molar-refractivity contribution in [1.29, 1.82) is 0 Å². The number of anilines is 2. The summed E-state index contributed by atoms with van der Waals surface area (Å²) in [5.41, 5.74) is 4.84. The Morgan fingerprint density at radius 3 is 2.07 bits per heavy atom. The molecule has 29 heavy (non-hydrogen) atoms. The van der Waals surface area contributed by atoms with E-state index < -0.39 is 0 Å². The Kier molecular flexibility index (Phi) is 7.64. The molecule has 0 aromatic heterocycles. The van der Waals surface area contributed by atoms with E-state index in [4.69, 9.17) is 4.74 Å². The summed E-state index contributed by atoms with van der Waals surface area (Å²) in [6.45, 7) is 4.58. The number of carbonyl (C=O) groups excluding carboxylic acids is 2. The molecular weight excluding hydrogens is 366 g/mol. The summed E-state index contributed by atoms with van der Waals surface area (Å²) < 4.78 is 5.12. The largest absolute Gasteiger partial charge is 0.466 e. The van der Waals surface area contributed by atoms with Crippen molar-refractivity contribution in [3.8, 4) is 0 Å².